The number of nitro benzene ring substituents is 1. The first kappa shape index (κ1) is 10.4. The summed E-state index contributed by atoms with van der Waals surface area (Å²) >= 11 is 1.38. The maximum Gasteiger partial charge on any atom is 0.278 e. The quantitative estimate of drug-likeness (QED) is 0.465. The molecule has 1 aromatic carbocycles. The van der Waals surface area contributed by atoms with Crippen LogP contribution in [0.1, 0.15) is 5.56 Å². The fourth-order valence-corrected chi connectivity index (χ4v) is 1.65. The lowest BCUT2D eigenvalue weighted by Gasteiger charge is -1.94. The molecule has 0 radical (unpaired) electrons. The Bertz CT molecular complexity index is 523. The molecule has 1 aromatic heterocycles. The fraction of sp³-hybridized carbons (Fsp3) is 0. The second kappa shape index (κ2) is 4.63. The maximum atomic E-state index is 10.7. The van der Waals surface area contributed by atoms with E-state index in [0.717, 1.165) is 0 Å². The number of rotatable bonds is 3. The van der Waals surface area contributed by atoms with Gasteiger partial charge in [0, 0.05) is 23.9 Å². The molecule has 0 aliphatic heterocycles. The van der Waals surface area contributed by atoms with Crippen LogP contribution in [0.4, 0.5) is 10.8 Å². The van der Waals surface area contributed by atoms with E-state index < -0.39 is 4.92 Å². The highest BCUT2D eigenvalue weighted by atomic mass is 32.1. The Morgan fingerprint density at radius 3 is 2.94 bits per heavy atom. The predicted octanol–water partition coefficient (Wildman–Crippen LogP) is 2.80. The van der Waals surface area contributed by atoms with E-state index in [0.29, 0.717) is 10.7 Å². The van der Waals surface area contributed by atoms with E-state index in [1.54, 1.807) is 29.8 Å². The average molecular weight is 233 g/mol. The van der Waals surface area contributed by atoms with Crippen LogP contribution in [0.5, 0.6) is 0 Å². The Kier molecular flexibility index (Phi) is 3.02. The monoisotopic (exact) mass is 233 g/mol. The first-order chi connectivity index (χ1) is 7.77. The zero-order valence-corrected chi connectivity index (χ0v) is 8.92. The van der Waals surface area contributed by atoms with E-state index in [1.165, 1.54) is 23.6 Å². The number of benzene rings is 1. The Hall–Kier alpha value is -2.08. The van der Waals surface area contributed by atoms with Crippen molar-refractivity contribution in [3.05, 3.63) is 51.5 Å². The lowest BCUT2D eigenvalue weighted by molar-refractivity contribution is -0.385. The molecule has 0 aliphatic rings. The van der Waals surface area contributed by atoms with Gasteiger partial charge in [0.2, 0.25) is 5.13 Å². The van der Waals surface area contributed by atoms with Crippen LogP contribution in [0.2, 0.25) is 0 Å². The lowest BCUT2D eigenvalue weighted by atomic mass is 10.2. The van der Waals surface area contributed by atoms with Crippen LogP contribution in [0, 0.1) is 10.1 Å². The smallest absolute Gasteiger partial charge is 0.258 e. The van der Waals surface area contributed by atoms with E-state index in [4.69, 9.17) is 0 Å². The van der Waals surface area contributed by atoms with Crippen LogP contribution >= 0.6 is 11.3 Å². The molecule has 0 atom stereocenters. The third-order valence-electron chi connectivity index (χ3n) is 1.87. The number of para-hydroxylation sites is 1. The van der Waals surface area contributed by atoms with E-state index >= 15 is 0 Å². The minimum atomic E-state index is -0.427. The third kappa shape index (κ3) is 2.29. The van der Waals surface area contributed by atoms with E-state index in [2.05, 4.69) is 9.98 Å². The molecule has 6 heteroatoms. The molecular formula is C10H7N3O2S. The Morgan fingerprint density at radius 1 is 1.44 bits per heavy atom. The van der Waals surface area contributed by atoms with Gasteiger partial charge in [0.15, 0.2) is 0 Å². The molecule has 0 saturated carbocycles. The SMILES string of the molecule is O=[N+]([O-])c1ccccc1/C=N\c1nccs1. The number of hydrogen-bond acceptors (Lipinski definition) is 5. The highest BCUT2D eigenvalue weighted by Crippen LogP contribution is 2.18. The molecule has 2 aromatic rings. The van der Waals surface area contributed by atoms with Crippen molar-refractivity contribution in [1.29, 1.82) is 0 Å². The summed E-state index contributed by atoms with van der Waals surface area (Å²) in [5, 5.41) is 13.1. The number of aliphatic imine (C=N–C) groups is 1. The number of thiazole rings is 1. The Balaban J connectivity index is 2.31. The van der Waals surface area contributed by atoms with Gasteiger partial charge in [-0.1, -0.05) is 12.1 Å². The van der Waals surface area contributed by atoms with Gasteiger partial charge >= 0.3 is 0 Å². The summed E-state index contributed by atoms with van der Waals surface area (Å²) in [4.78, 5) is 18.3. The van der Waals surface area contributed by atoms with Gasteiger partial charge < -0.3 is 0 Å². The van der Waals surface area contributed by atoms with Gasteiger partial charge in [-0.25, -0.2) is 9.98 Å². The maximum absolute atomic E-state index is 10.7. The van der Waals surface area contributed by atoms with Crippen LogP contribution in [-0.4, -0.2) is 16.1 Å². The van der Waals surface area contributed by atoms with Gasteiger partial charge in [-0.15, -0.1) is 11.3 Å². The molecule has 80 valence electrons. The second-order valence-corrected chi connectivity index (χ2v) is 3.76. The largest absolute Gasteiger partial charge is 0.278 e. The number of nitrogens with zero attached hydrogens (tertiary/aromatic N) is 3. The molecule has 0 amide bonds. The van der Waals surface area contributed by atoms with Gasteiger partial charge in [-0.2, -0.15) is 0 Å². The van der Waals surface area contributed by atoms with Crippen molar-refractivity contribution in [2.75, 3.05) is 0 Å². The minimum Gasteiger partial charge on any atom is -0.258 e. The summed E-state index contributed by atoms with van der Waals surface area (Å²) in [6.07, 6.45) is 3.09. The van der Waals surface area contributed by atoms with Crippen LogP contribution in [0.15, 0.2) is 40.8 Å². The van der Waals surface area contributed by atoms with Gasteiger partial charge in [-0.3, -0.25) is 10.1 Å². The van der Waals surface area contributed by atoms with Crippen molar-refractivity contribution in [2.45, 2.75) is 0 Å². The standard InChI is InChI=1S/C10H7N3O2S/c14-13(15)9-4-2-1-3-8(9)7-12-10-11-5-6-16-10/h1-7H/b12-7-. The van der Waals surface area contributed by atoms with Crippen molar-refractivity contribution in [2.24, 2.45) is 4.99 Å². The van der Waals surface area contributed by atoms with Crippen molar-refractivity contribution in [1.82, 2.24) is 4.98 Å². The lowest BCUT2D eigenvalue weighted by Crippen LogP contribution is -1.93. The fourth-order valence-electron chi connectivity index (χ4n) is 1.17. The molecule has 1 heterocycles. The number of nitro groups is 1. The Labute approximate surface area is 95.3 Å². The third-order valence-corrected chi connectivity index (χ3v) is 2.55. The predicted molar refractivity (Wildman–Crippen MR) is 62.5 cm³/mol. The highest BCUT2D eigenvalue weighted by Gasteiger charge is 2.09. The molecule has 0 aliphatic carbocycles. The van der Waals surface area contributed by atoms with Crippen LogP contribution in [0.3, 0.4) is 0 Å². The summed E-state index contributed by atoms with van der Waals surface area (Å²) in [5.41, 5.74) is 0.519. The minimum absolute atomic E-state index is 0.0443. The zero-order chi connectivity index (χ0) is 11.4. The molecule has 5 nitrogen and oxygen atoms in total. The van der Waals surface area contributed by atoms with E-state index in [1.807, 2.05) is 0 Å². The molecule has 0 spiro atoms. The number of aromatic nitrogens is 1. The molecule has 0 saturated heterocycles. The van der Waals surface area contributed by atoms with Gasteiger partial charge in [0.1, 0.15) is 0 Å². The van der Waals surface area contributed by atoms with Crippen LogP contribution in [-0.2, 0) is 0 Å². The first-order valence-corrected chi connectivity index (χ1v) is 5.32. The van der Waals surface area contributed by atoms with Crippen molar-refractivity contribution >= 4 is 28.4 Å². The summed E-state index contributed by atoms with van der Waals surface area (Å²) in [6.45, 7) is 0. The average Bonchev–Trinajstić information content (AvgIpc) is 2.79. The van der Waals surface area contributed by atoms with Crippen LogP contribution in [0.25, 0.3) is 0 Å². The highest BCUT2D eigenvalue weighted by molar-refractivity contribution is 7.13. The molecule has 0 N–H and O–H groups in total. The van der Waals surface area contributed by atoms with Crippen LogP contribution < -0.4 is 0 Å². The molecule has 0 fully saturated rings. The number of hydrogen-bond donors (Lipinski definition) is 0. The summed E-state index contributed by atoms with van der Waals surface area (Å²) < 4.78 is 0. The molecule has 16 heavy (non-hydrogen) atoms. The summed E-state index contributed by atoms with van der Waals surface area (Å²) in [6, 6.07) is 6.45. The zero-order valence-electron chi connectivity index (χ0n) is 8.11. The van der Waals surface area contributed by atoms with E-state index in [9.17, 15) is 10.1 Å². The molecule has 0 unspecified atom stereocenters. The molecular weight excluding hydrogens is 226 g/mol. The normalized spacial score (nSPS) is 10.8. The molecule has 0 bridgehead atoms. The summed E-state index contributed by atoms with van der Waals surface area (Å²) in [5.74, 6) is 0. The van der Waals surface area contributed by atoms with Gasteiger partial charge in [0.25, 0.3) is 5.69 Å². The van der Waals surface area contributed by atoms with E-state index in [-0.39, 0.29) is 5.69 Å². The van der Waals surface area contributed by atoms with Crippen molar-refractivity contribution < 1.29 is 4.92 Å². The second-order valence-electron chi connectivity index (χ2n) is 2.89. The van der Waals surface area contributed by atoms with Gasteiger partial charge in [0.05, 0.1) is 10.5 Å². The molecule has 2 rings (SSSR count). The van der Waals surface area contributed by atoms with Gasteiger partial charge in [-0.05, 0) is 6.07 Å². The first-order valence-electron chi connectivity index (χ1n) is 4.44. The Morgan fingerprint density at radius 2 is 2.25 bits per heavy atom. The topological polar surface area (TPSA) is 68.4 Å². The summed E-state index contributed by atoms with van der Waals surface area (Å²) in [7, 11) is 0. The van der Waals surface area contributed by atoms with Crippen molar-refractivity contribution in [3.8, 4) is 0 Å². The van der Waals surface area contributed by atoms with Crippen molar-refractivity contribution in [3.63, 3.8) is 0 Å².